The fourth-order valence-electron chi connectivity index (χ4n) is 4.40. The van der Waals surface area contributed by atoms with E-state index >= 15 is 0 Å². The van der Waals surface area contributed by atoms with Gasteiger partial charge in [-0.1, -0.05) is 71.9 Å². The number of carbonyl (C=O) groups is 2. The first-order valence-corrected chi connectivity index (χ1v) is 12.9. The molecule has 3 aromatic carbocycles. The van der Waals surface area contributed by atoms with E-state index in [0.717, 1.165) is 22.3 Å². The summed E-state index contributed by atoms with van der Waals surface area (Å²) in [6.07, 6.45) is -0.779. The van der Waals surface area contributed by atoms with Crippen LogP contribution in [0.5, 0.6) is 0 Å². The Balaban J connectivity index is 1.48. The Morgan fingerprint density at radius 3 is 2.15 bits per heavy atom. The van der Waals surface area contributed by atoms with E-state index in [1.54, 1.807) is 39.0 Å². The second kappa shape index (κ2) is 11.6. The third kappa shape index (κ3) is 6.08. The van der Waals surface area contributed by atoms with Crippen LogP contribution in [0.3, 0.4) is 0 Å². The molecule has 0 fully saturated rings. The second-order valence-corrected chi connectivity index (χ2v) is 9.91. The van der Waals surface area contributed by atoms with E-state index < -0.39 is 23.3 Å². The number of ether oxygens (including phenoxy) is 2. The average Bonchev–Trinajstić information content (AvgIpc) is 3.28. The van der Waals surface area contributed by atoms with E-state index in [0.29, 0.717) is 29.2 Å². The summed E-state index contributed by atoms with van der Waals surface area (Å²) < 4.78 is 30.4. The third-order valence-electron chi connectivity index (χ3n) is 6.83. The molecule has 0 aliphatic rings. The fourth-order valence-corrected chi connectivity index (χ4v) is 4.40. The van der Waals surface area contributed by atoms with E-state index in [4.69, 9.17) is 14.0 Å². The molecule has 1 atom stereocenters. The van der Waals surface area contributed by atoms with Crippen molar-refractivity contribution in [3.05, 3.63) is 101 Å². The van der Waals surface area contributed by atoms with Gasteiger partial charge in [-0.15, -0.1) is 0 Å². The summed E-state index contributed by atoms with van der Waals surface area (Å²) in [5.74, 6) is -0.690. The largest absolute Gasteiger partial charge is 0.465 e. The van der Waals surface area contributed by atoms with Crippen LogP contribution in [0.15, 0.2) is 77.3 Å². The first-order valence-electron chi connectivity index (χ1n) is 12.9. The molecule has 0 saturated heterocycles. The molecule has 0 aliphatic carbocycles. The molecular weight excluding hydrogens is 497 g/mol. The third-order valence-corrected chi connectivity index (χ3v) is 6.83. The minimum atomic E-state index is -0.743. The Morgan fingerprint density at radius 1 is 0.949 bits per heavy atom. The van der Waals surface area contributed by atoms with Gasteiger partial charge in [0, 0.05) is 16.7 Å². The molecule has 202 valence electrons. The maximum Gasteiger partial charge on any atom is 0.315 e. The van der Waals surface area contributed by atoms with E-state index in [1.807, 2.05) is 62.4 Å². The molecule has 39 heavy (non-hydrogen) atoms. The lowest BCUT2D eigenvalue weighted by Crippen LogP contribution is -2.31. The molecule has 0 aliphatic heterocycles. The molecule has 1 aromatic heterocycles. The number of aryl methyl sites for hydroxylation is 1. The Labute approximate surface area is 227 Å². The number of rotatable bonds is 9. The topological polar surface area (TPSA) is 78.6 Å². The van der Waals surface area contributed by atoms with Crippen molar-refractivity contribution in [2.45, 2.75) is 52.6 Å². The van der Waals surface area contributed by atoms with Crippen molar-refractivity contribution in [2.24, 2.45) is 0 Å². The van der Waals surface area contributed by atoms with Crippen LogP contribution in [0.2, 0.25) is 0 Å². The van der Waals surface area contributed by atoms with Gasteiger partial charge in [-0.25, -0.2) is 4.39 Å². The summed E-state index contributed by atoms with van der Waals surface area (Å²) in [5, 5.41) is 4.06. The predicted octanol–water partition coefficient (Wildman–Crippen LogP) is 7.14. The molecule has 4 rings (SSSR count). The quantitative estimate of drug-likeness (QED) is 0.214. The molecule has 0 radical (unpaired) electrons. The molecule has 6 nitrogen and oxygen atoms in total. The Bertz CT molecular complexity index is 1450. The van der Waals surface area contributed by atoms with Gasteiger partial charge >= 0.3 is 11.9 Å². The van der Waals surface area contributed by atoms with Gasteiger partial charge in [-0.05, 0) is 57.4 Å². The van der Waals surface area contributed by atoms with E-state index in [1.165, 1.54) is 6.07 Å². The molecule has 0 bridgehead atoms. The number of benzene rings is 3. The van der Waals surface area contributed by atoms with Crippen LogP contribution in [0.4, 0.5) is 4.39 Å². The SMILES string of the molecule is CCOC(=O)C(C)(C)c1ccc(-c2ccc(-c3onc(C)c3CC(=O)OC(C)c3ccccc3F)cc2)cc1. The summed E-state index contributed by atoms with van der Waals surface area (Å²) in [6, 6.07) is 21.8. The number of carbonyl (C=O) groups excluding carboxylic acids is 2. The summed E-state index contributed by atoms with van der Waals surface area (Å²) in [6.45, 7) is 9.24. The van der Waals surface area contributed by atoms with Gasteiger partial charge in [-0.2, -0.15) is 0 Å². The standard InChI is InChI=1S/C32H32FNO5/c1-6-37-31(36)32(4,5)25-17-15-23(16-18-25)22-11-13-24(14-12-22)30-27(20(2)34-39-30)19-29(35)38-21(3)26-9-7-8-10-28(26)33/h7-18,21H,6,19H2,1-5H3. The number of hydrogen-bond donors (Lipinski definition) is 0. The van der Waals surface area contributed by atoms with Gasteiger partial charge in [-0.3, -0.25) is 9.59 Å². The molecule has 0 N–H and O–H groups in total. The van der Waals surface area contributed by atoms with Gasteiger partial charge < -0.3 is 14.0 Å². The van der Waals surface area contributed by atoms with Crippen molar-refractivity contribution >= 4 is 11.9 Å². The molecule has 0 amide bonds. The van der Waals surface area contributed by atoms with Crippen molar-refractivity contribution in [3.8, 4) is 22.5 Å². The summed E-state index contributed by atoms with van der Waals surface area (Å²) in [7, 11) is 0. The van der Waals surface area contributed by atoms with Crippen molar-refractivity contribution in [3.63, 3.8) is 0 Å². The zero-order chi connectivity index (χ0) is 28.2. The molecule has 1 unspecified atom stereocenters. The van der Waals surface area contributed by atoms with E-state index in [9.17, 15) is 14.0 Å². The number of aromatic nitrogens is 1. The van der Waals surface area contributed by atoms with Gasteiger partial charge in [0.25, 0.3) is 0 Å². The normalized spacial score (nSPS) is 12.2. The zero-order valence-electron chi connectivity index (χ0n) is 22.8. The molecule has 0 saturated carbocycles. The maximum absolute atomic E-state index is 14.1. The van der Waals surface area contributed by atoms with Gasteiger partial charge in [0.1, 0.15) is 11.9 Å². The average molecular weight is 530 g/mol. The highest BCUT2D eigenvalue weighted by Crippen LogP contribution is 2.32. The zero-order valence-corrected chi connectivity index (χ0v) is 22.8. The second-order valence-electron chi connectivity index (χ2n) is 9.91. The molecular formula is C32H32FNO5. The highest BCUT2D eigenvalue weighted by Gasteiger charge is 2.31. The van der Waals surface area contributed by atoms with Gasteiger partial charge in [0.15, 0.2) is 5.76 Å². The lowest BCUT2D eigenvalue weighted by molar-refractivity contribution is -0.149. The van der Waals surface area contributed by atoms with Crippen LogP contribution in [0, 0.1) is 12.7 Å². The van der Waals surface area contributed by atoms with Crippen molar-refractivity contribution in [2.75, 3.05) is 6.61 Å². The van der Waals surface area contributed by atoms with Crippen LogP contribution < -0.4 is 0 Å². The fraction of sp³-hybridized carbons (Fsp3) is 0.281. The van der Waals surface area contributed by atoms with E-state index in [2.05, 4.69) is 5.16 Å². The smallest absolute Gasteiger partial charge is 0.315 e. The summed E-state index contributed by atoms with van der Waals surface area (Å²) in [4.78, 5) is 25.1. The summed E-state index contributed by atoms with van der Waals surface area (Å²) >= 11 is 0. The number of nitrogens with zero attached hydrogens (tertiary/aromatic N) is 1. The van der Waals surface area contributed by atoms with Crippen molar-refractivity contribution < 1.29 is 28.0 Å². The monoisotopic (exact) mass is 529 g/mol. The highest BCUT2D eigenvalue weighted by molar-refractivity contribution is 5.82. The van der Waals surface area contributed by atoms with Crippen LogP contribution >= 0.6 is 0 Å². The Morgan fingerprint density at radius 2 is 1.54 bits per heavy atom. The van der Waals surface area contributed by atoms with E-state index in [-0.39, 0.29) is 12.4 Å². The van der Waals surface area contributed by atoms with Gasteiger partial charge in [0.2, 0.25) is 0 Å². The lowest BCUT2D eigenvalue weighted by Gasteiger charge is -2.23. The van der Waals surface area contributed by atoms with Gasteiger partial charge in [0.05, 0.1) is 24.1 Å². The number of esters is 2. The van der Waals surface area contributed by atoms with Crippen LogP contribution in [-0.2, 0) is 30.9 Å². The lowest BCUT2D eigenvalue weighted by atomic mass is 9.84. The maximum atomic E-state index is 14.1. The van der Waals surface area contributed by atoms with Crippen LogP contribution in [-0.4, -0.2) is 23.7 Å². The first-order chi connectivity index (χ1) is 18.6. The number of halogens is 1. The molecule has 7 heteroatoms. The predicted molar refractivity (Wildman–Crippen MR) is 146 cm³/mol. The Hall–Kier alpha value is -4.26. The first kappa shape index (κ1) is 27.8. The Kier molecular flexibility index (Phi) is 8.29. The van der Waals surface area contributed by atoms with Crippen LogP contribution in [0.1, 0.15) is 56.2 Å². The van der Waals surface area contributed by atoms with Crippen LogP contribution in [0.25, 0.3) is 22.5 Å². The molecule has 0 spiro atoms. The molecule has 1 heterocycles. The summed E-state index contributed by atoms with van der Waals surface area (Å²) in [5.41, 5.74) is 4.40. The molecule has 4 aromatic rings. The minimum Gasteiger partial charge on any atom is -0.465 e. The highest BCUT2D eigenvalue weighted by atomic mass is 19.1. The minimum absolute atomic E-state index is 0.0527. The van der Waals surface area contributed by atoms with Crippen molar-refractivity contribution in [1.29, 1.82) is 0 Å². The van der Waals surface area contributed by atoms with Crippen molar-refractivity contribution in [1.82, 2.24) is 5.16 Å². The number of hydrogen-bond acceptors (Lipinski definition) is 6.